The van der Waals surface area contributed by atoms with E-state index in [1.165, 1.54) is 12.1 Å². The molecule has 25 heavy (non-hydrogen) atoms. The number of anilines is 1. The fraction of sp³-hybridized carbons (Fsp3) is 0.421. The summed E-state index contributed by atoms with van der Waals surface area (Å²) in [6.07, 6.45) is 2.41. The molecule has 0 bridgehead atoms. The Bertz CT molecular complexity index is 742. The maximum Gasteiger partial charge on any atom is 0.147 e. The highest BCUT2D eigenvalue weighted by molar-refractivity contribution is 6.32. The highest BCUT2D eigenvalue weighted by Gasteiger charge is 2.43. The molecular formula is C19H20ClFN2O2. The Balaban J connectivity index is 1.45. The zero-order valence-electron chi connectivity index (χ0n) is 13.7. The van der Waals surface area contributed by atoms with Gasteiger partial charge in [-0.05, 0) is 61.1 Å². The molecule has 4 atom stereocenters. The molecule has 1 saturated heterocycles. The van der Waals surface area contributed by atoms with Gasteiger partial charge in [-0.25, -0.2) is 9.37 Å². The van der Waals surface area contributed by atoms with Crippen molar-refractivity contribution < 1.29 is 14.2 Å². The second-order valence-corrected chi connectivity index (χ2v) is 7.29. The number of aliphatic hydroxyl groups is 1. The topological polar surface area (TPSA) is 45.6 Å². The van der Waals surface area contributed by atoms with Crippen molar-refractivity contribution in [2.75, 3.05) is 18.0 Å². The van der Waals surface area contributed by atoms with E-state index in [2.05, 4.69) is 9.88 Å². The number of aliphatic hydroxyl groups excluding tert-OH is 1. The number of halogens is 2. The number of hydrogen-bond acceptors (Lipinski definition) is 4. The average Bonchev–Trinajstić information content (AvgIpc) is 3.00. The minimum absolute atomic E-state index is 0.272. The van der Waals surface area contributed by atoms with Crippen molar-refractivity contribution in [1.29, 1.82) is 0 Å². The van der Waals surface area contributed by atoms with Crippen LogP contribution in [0.15, 0.2) is 42.6 Å². The highest BCUT2D eigenvalue weighted by Crippen LogP contribution is 2.40. The molecule has 0 unspecified atom stereocenters. The van der Waals surface area contributed by atoms with Crippen LogP contribution in [0.3, 0.4) is 0 Å². The summed E-state index contributed by atoms with van der Waals surface area (Å²) in [5.41, 5.74) is 0. The van der Waals surface area contributed by atoms with Crippen molar-refractivity contribution >= 4 is 17.4 Å². The number of fused-ring (bicyclic) bond motifs is 1. The van der Waals surface area contributed by atoms with E-state index in [0.29, 0.717) is 29.0 Å². The lowest BCUT2D eigenvalue weighted by molar-refractivity contribution is -0.0231. The number of benzene rings is 1. The predicted molar refractivity (Wildman–Crippen MR) is 94.5 cm³/mol. The Kier molecular flexibility index (Phi) is 4.52. The molecule has 2 heterocycles. The lowest BCUT2D eigenvalue weighted by Gasteiger charge is -2.35. The van der Waals surface area contributed by atoms with Crippen LogP contribution in [0.4, 0.5) is 10.2 Å². The van der Waals surface area contributed by atoms with Gasteiger partial charge in [0.15, 0.2) is 0 Å². The van der Waals surface area contributed by atoms with Crippen LogP contribution in [0, 0.1) is 17.7 Å². The molecule has 2 fully saturated rings. The third-order valence-corrected chi connectivity index (χ3v) is 5.52. The van der Waals surface area contributed by atoms with Crippen LogP contribution in [0.25, 0.3) is 0 Å². The van der Waals surface area contributed by atoms with Crippen LogP contribution in [-0.2, 0) is 0 Å². The van der Waals surface area contributed by atoms with Crippen molar-refractivity contribution in [2.45, 2.75) is 25.0 Å². The van der Waals surface area contributed by atoms with E-state index in [-0.39, 0.29) is 11.9 Å². The molecule has 1 aromatic carbocycles. The van der Waals surface area contributed by atoms with Gasteiger partial charge in [0.1, 0.15) is 23.5 Å². The van der Waals surface area contributed by atoms with Crippen LogP contribution in [0.5, 0.6) is 5.75 Å². The summed E-state index contributed by atoms with van der Waals surface area (Å²) >= 11 is 6.27. The molecule has 6 heteroatoms. The summed E-state index contributed by atoms with van der Waals surface area (Å²) in [6, 6.07) is 9.61. The van der Waals surface area contributed by atoms with Crippen molar-refractivity contribution in [3.8, 4) is 5.75 Å². The summed E-state index contributed by atoms with van der Waals surface area (Å²) in [4.78, 5) is 6.60. The highest BCUT2D eigenvalue weighted by atomic mass is 35.5. The van der Waals surface area contributed by atoms with Crippen molar-refractivity contribution in [1.82, 2.24) is 4.98 Å². The number of rotatable bonds is 3. The fourth-order valence-corrected chi connectivity index (χ4v) is 4.23. The van der Waals surface area contributed by atoms with E-state index in [9.17, 15) is 9.50 Å². The molecule has 1 aliphatic carbocycles. The van der Waals surface area contributed by atoms with E-state index < -0.39 is 6.10 Å². The quantitative estimate of drug-likeness (QED) is 0.907. The molecule has 1 aromatic heterocycles. The first-order valence-electron chi connectivity index (χ1n) is 8.56. The van der Waals surface area contributed by atoms with Gasteiger partial charge in [-0.2, -0.15) is 0 Å². The van der Waals surface area contributed by atoms with Crippen LogP contribution in [0.1, 0.15) is 12.8 Å². The van der Waals surface area contributed by atoms with Gasteiger partial charge >= 0.3 is 0 Å². The molecule has 1 aliphatic heterocycles. The molecule has 1 N–H and O–H groups in total. The maximum atomic E-state index is 13.0. The molecule has 0 radical (unpaired) electrons. The predicted octanol–water partition coefficient (Wildman–Crippen LogP) is 3.53. The van der Waals surface area contributed by atoms with Gasteiger partial charge in [-0.15, -0.1) is 0 Å². The van der Waals surface area contributed by atoms with E-state index in [4.69, 9.17) is 16.3 Å². The van der Waals surface area contributed by atoms with Gasteiger partial charge in [-0.3, -0.25) is 0 Å². The number of ether oxygens (including phenoxy) is 1. The lowest BCUT2D eigenvalue weighted by Crippen LogP contribution is -2.42. The zero-order chi connectivity index (χ0) is 17.4. The van der Waals surface area contributed by atoms with Gasteiger partial charge in [0.05, 0.1) is 11.1 Å². The van der Waals surface area contributed by atoms with Gasteiger partial charge in [0, 0.05) is 19.3 Å². The van der Waals surface area contributed by atoms with E-state index in [1.54, 1.807) is 18.3 Å². The summed E-state index contributed by atoms with van der Waals surface area (Å²) in [5.74, 6) is 1.93. The Hall–Kier alpha value is -1.85. The van der Waals surface area contributed by atoms with E-state index >= 15 is 0 Å². The van der Waals surface area contributed by atoms with Crippen molar-refractivity contribution in [3.63, 3.8) is 0 Å². The normalized spacial score (nSPS) is 28.7. The first-order chi connectivity index (χ1) is 12.1. The minimum atomic E-state index is -0.523. The summed E-state index contributed by atoms with van der Waals surface area (Å²) in [6.45, 7) is 1.71. The number of aromatic nitrogens is 1. The molecule has 132 valence electrons. The monoisotopic (exact) mass is 362 g/mol. The second-order valence-electron chi connectivity index (χ2n) is 6.88. The molecule has 2 aromatic rings. The number of hydrogen-bond donors (Lipinski definition) is 1. The summed E-state index contributed by atoms with van der Waals surface area (Å²) < 4.78 is 18.9. The Morgan fingerprint density at radius 1 is 1.12 bits per heavy atom. The summed E-state index contributed by atoms with van der Waals surface area (Å²) in [7, 11) is 0. The van der Waals surface area contributed by atoms with Crippen molar-refractivity contribution in [2.24, 2.45) is 11.8 Å². The van der Waals surface area contributed by atoms with Gasteiger partial charge < -0.3 is 14.7 Å². The third kappa shape index (κ3) is 3.44. The first kappa shape index (κ1) is 16.6. The molecule has 2 aliphatic rings. The van der Waals surface area contributed by atoms with Crippen molar-refractivity contribution in [3.05, 3.63) is 53.4 Å². The number of pyridine rings is 1. The SMILES string of the molecule is O[C@@H]1C[C@H]2CN(c3ncccc3Cl)C[C@H]2C[C@H]1Oc1ccc(F)cc1. The standard InChI is InChI=1S/C19H20ClFN2O2/c20-16-2-1-7-22-19(16)23-10-12-8-17(24)18(9-13(12)11-23)25-15-5-3-14(21)4-6-15/h1-7,12-13,17-18,24H,8-11H2/t12-,13+,17+,18+/m0/s1. The molecule has 1 saturated carbocycles. The zero-order valence-corrected chi connectivity index (χ0v) is 14.4. The smallest absolute Gasteiger partial charge is 0.147 e. The van der Waals surface area contributed by atoms with Gasteiger partial charge in [0.2, 0.25) is 0 Å². The molecule has 4 nitrogen and oxygen atoms in total. The largest absolute Gasteiger partial charge is 0.488 e. The lowest BCUT2D eigenvalue weighted by atomic mass is 9.78. The molecule has 0 spiro atoms. The van der Waals surface area contributed by atoms with Crippen LogP contribution < -0.4 is 9.64 Å². The van der Waals surface area contributed by atoms with Crippen LogP contribution in [-0.4, -0.2) is 35.4 Å². The second kappa shape index (κ2) is 6.81. The molecular weight excluding hydrogens is 343 g/mol. The average molecular weight is 363 g/mol. The van der Waals surface area contributed by atoms with Gasteiger partial charge in [-0.1, -0.05) is 11.6 Å². The third-order valence-electron chi connectivity index (χ3n) is 5.22. The van der Waals surface area contributed by atoms with Gasteiger partial charge in [0.25, 0.3) is 0 Å². The maximum absolute atomic E-state index is 13.0. The molecule has 0 amide bonds. The Labute approximate surface area is 151 Å². The summed E-state index contributed by atoms with van der Waals surface area (Å²) in [5, 5.41) is 11.1. The fourth-order valence-electron chi connectivity index (χ4n) is 3.99. The Morgan fingerprint density at radius 2 is 1.84 bits per heavy atom. The van der Waals surface area contributed by atoms with E-state index in [0.717, 1.165) is 25.3 Å². The van der Waals surface area contributed by atoms with Crippen LogP contribution >= 0.6 is 11.6 Å². The minimum Gasteiger partial charge on any atom is -0.488 e. The molecule has 4 rings (SSSR count). The Morgan fingerprint density at radius 3 is 2.56 bits per heavy atom. The number of nitrogens with zero attached hydrogens (tertiary/aromatic N) is 2. The first-order valence-corrected chi connectivity index (χ1v) is 8.93. The van der Waals surface area contributed by atoms with Crippen LogP contribution in [0.2, 0.25) is 5.02 Å². The van der Waals surface area contributed by atoms with E-state index in [1.807, 2.05) is 12.1 Å².